The van der Waals surface area contributed by atoms with E-state index in [1.54, 1.807) is 0 Å². The van der Waals surface area contributed by atoms with E-state index >= 15 is 0 Å². The number of thiocarbonyl (C=S) groups is 1. The maximum atomic E-state index is 5.43. The van der Waals surface area contributed by atoms with Crippen LogP contribution in [0.4, 0.5) is 5.69 Å². The van der Waals surface area contributed by atoms with E-state index in [2.05, 4.69) is 33.4 Å². The Hall–Kier alpha value is -1.61. The molecule has 4 atom stereocenters. The fraction of sp³-hybridized carbons (Fsp3) is 0.550. The smallest absolute Gasteiger partial charge is 0.170 e. The molecule has 25 heavy (non-hydrogen) atoms. The zero-order chi connectivity index (χ0) is 17.6. The van der Waals surface area contributed by atoms with Crippen molar-refractivity contribution in [3.63, 3.8) is 0 Å². The van der Waals surface area contributed by atoms with Crippen molar-refractivity contribution in [2.24, 2.45) is 11.8 Å². The largest absolute Gasteiger partial charge is 0.361 e. The molecule has 3 heterocycles. The maximum absolute atomic E-state index is 5.43. The Kier molecular flexibility index (Phi) is 6.30. The summed E-state index contributed by atoms with van der Waals surface area (Å²) in [4.78, 5) is 4.91. The Morgan fingerprint density at radius 1 is 1.40 bits per heavy atom. The van der Waals surface area contributed by atoms with E-state index in [-0.39, 0.29) is 0 Å². The number of terminal acetylenes is 1. The van der Waals surface area contributed by atoms with Crippen LogP contribution < -0.4 is 10.6 Å². The first-order valence-electron chi connectivity index (χ1n) is 9.11. The summed E-state index contributed by atoms with van der Waals surface area (Å²) in [6.45, 7) is 5.17. The minimum Gasteiger partial charge on any atom is -0.361 e. The minimum atomic E-state index is 0.587. The molecular formula is C20H28N4S. The highest BCUT2D eigenvalue weighted by Crippen LogP contribution is 2.36. The second kappa shape index (κ2) is 8.66. The summed E-state index contributed by atoms with van der Waals surface area (Å²) in [5.74, 6) is 4.30. The van der Waals surface area contributed by atoms with E-state index in [1.807, 2.05) is 30.3 Å². The SMILES string of the molecule is C#CCN(C)C[C@H]1CN2CC[C@H]1C[C@@H]2CNC(=S)Nc1ccccc1. The average molecular weight is 357 g/mol. The van der Waals surface area contributed by atoms with Crippen molar-refractivity contribution in [2.75, 3.05) is 45.1 Å². The lowest BCUT2D eigenvalue weighted by atomic mass is 9.75. The summed E-state index contributed by atoms with van der Waals surface area (Å²) in [5.41, 5.74) is 1.03. The molecule has 0 aromatic heterocycles. The fourth-order valence-electron chi connectivity index (χ4n) is 4.20. The third kappa shape index (κ3) is 4.94. The average Bonchev–Trinajstić information content (AvgIpc) is 2.62. The molecule has 3 fully saturated rings. The second-order valence-corrected chi connectivity index (χ2v) is 7.70. The van der Waals surface area contributed by atoms with E-state index in [0.29, 0.717) is 11.2 Å². The van der Waals surface area contributed by atoms with Gasteiger partial charge < -0.3 is 10.6 Å². The Morgan fingerprint density at radius 2 is 2.20 bits per heavy atom. The van der Waals surface area contributed by atoms with E-state index in [4.69, 9.17) is 18.6 Å². The molecule has 0 radical (unpaired) electrons. The molecule has 1 aromatic carbocycles. The van der Waals surface area contributed by atoms with Crippen molar-refractivity contribution in [1.82, 2.24) is 15.1 Å². The molecule has 0 spiro atoms. The van der Waals surface area contributed by atoms with E-state index in [9.17, 15) is 0 Å². The van der Waals surface area contributed by atoms with Gasteiger partial charge in [0.05, 0.1) is 6.54 Å². The van der Waals surface area contributed by atoms with Crippen molar-refractivity contribution < 1.29 is 0 Å². The standard InChI is InChI=1S/C20H28N4S/c1-3-10-23(2)14-17-15-24-11-9-16(17)12-19(24)13-21-20(25)22-18-7-5-4-6-8-18/h1,4-8,16-17,19H,9-15H2,2H3,(H2,21,22,25)/t16-,17-,19+/m0/s1. The molecule has 2 N–H and O–H groups in total. The van der Waals surface area contributed by atoms with Crippen molar-refractivity contribution in [2.45, 2.75) is 18.9 Å². The van der Waals surface area contributed by atoms with Gasteiger partial charge in [0.2, 0.25) is 0 Å². The summed E-state index contributed by atoms with van der Waals surface area (Å²) in [5, 5.41) is 7.36. The minimum absolute atomic E-state index is 0.587. The lowest BCUT2D eigenvalue weighted by molar-refractivity contribution is -0.00646. The number of piperidine rings is 3. The van der Waals surface area contributed by atoms with Crippen LogP contribution in [0.3, 0.4) is 0 Å². The van der Waals surface area contributed by atoms with Crippen LogP contribution in [0.5, 0.6) is 0 Å². The zero-order valence-corrected chi connectivity index (χ0v) is 15.8. The van der Waals surface area contributed by atoms with Crippen LogP contribution >= 0.6 is 12.2 Å². The molecule has 3 aliphatic rings. The van der Waals surface area contributed by atoms with Gasteiger partial charge in [-0.15, -0.1) is 6.42 Å². The highest BCUT2D eigenvalue weighted by Gasteiger charge is 2.40. The van der Waals surface area contributed by atoms with Gasteiger partial charge in [0.25, 0.3) is 0 Å². The first kappa shape index (κ1) is 18.2. The first-order valence-corrected chi connectivity index (χ1v) is 9.52. The van der Waals surface area contributed by atoms with Crippen LogP contribution in [0.1, 0.15) is 12.8 Å². The topological polar surface area (TPSA) is 30.5 Å². The Morgan fingerprint density at radius 3 is 2.88 bits per heavy atom. The number of para-hydroxylation sites is 1. The Bertz CT molecular complexity index is 612. The molecule has 1 aromatic rings. The van der Waals surface area contributed by atoms with Gasteiger partial charge in [-0.05, 0) is 62.6 Å². The van der Waals surface area contributed by atoms with Crippen LogP contribution in [0.25, 0.3) is 0 Å². The molecule has 0 amide bonds. The molecular weight excluding hydrogens is 328 g/mol. The van der Waals surface area contributed by atoms with Crippen LogP contribution in [0.2, 0.25) is 0 Å². The molecule has 2 bridgehead atoms. The van der Waals surface area contributed by atoms with Gasteiger partial charge in [0.15, 0.2) is 5.11 Å². The lowest BCUT2D eigenvalue weighted by Gasteiger charge is -2.50. The summed E-state index contributed by atoms with van der Waals surface area (Å²) in [6, 6.07) is 10.7. The number of benzene rings is 1. The van der Waals surface area contributed by atoms with Gasteiger partial charge in [-0.25, -0.2) is 0 Å². The van der Waals surface area contributed by atoms with Gasteiger partial charge in [-0.1, -0.05) is 24.1 Å². The summed E-state index contributed by atoms with van der Waals surface area (Å²) >= 11 is 5.43. The highest BCUT2D eigenvalue weighted by molar-refractivity contribution is 7.80. The zero-order valence-electron chi connectivity index (χ0n) is 14.9. The van der Waals surface area contributed by atoms with Gasteiger partial charge in [-0.3, -0.25) is 9.80 Å². The quantitative estimate of drug-likeness (QED) is 0.603. The fourth-order valence-corrected chi connectivity index (χ4v) is 4.40. The molecule has 4 nitrogen and oxygen atoms in total. The summed E-state index contributed by atoms with van der Waals surface area (Å²) in [7, 11) is 2.13. The number of rotatable bonds is 6. The number of nitrogens with one attached hydrogen (secondary N) is 2. The number of fused-ring (bicyclic) bond motifs is 3. The second-order valence-electron chi connectivity index (χ2n) is 7.30. The van der Waals surface area contributed by atoms with Crippen molar-refractivity contribution in [3.05, 3.63) is 30.3 Å². The van der Waals surface area contributed by atoms with Gasteiger partial charge in [0, 0.05) is 31.4 Å². The summed E-state index contributed by atoms with van der Waals surface area (Å²) in [6.07, 6.45) is 8.00. The van der Waals surface area contributed by atoms with Crippen LogP contribution in [-0.2, 0) is 0 Å². The molecule has 3 saturated heterocycles. The molecule has 134 valence electrons. The van der Waals surface area contributed by atoms with E-state index < -0.39 is 0 Å². The number of hydrogen-bond acceptors (Lipinski definition) is 3. The predicted molar refractivity (Wildman–Crippen MR) is 109 cm³/mol. The van der Waals surface area contributed by atoms with Gasteiger partial charge in [0.1, 0.15) is 0 Å². The number of hydrogen-bond donors (Lipinski definition) is 2. The Balaban J connectivity index is 1.45. The van der Waals surface area contributed by atoms with Crippen LogP contribution in [0, 0.1) is 24.2 Å². The van der Waals surface area contributed by atoms with Gasteiger partial charge in [-0.2, -0.15) is 0 Å². The third-order valence-corrected chi connectivity index (χ3v) is 5.70. The molecule has 4 rings (SSSR count). The Labute approximate surface area is 157 Å². The van der Waals surface area contributed by atoms with Gasteiger partial charge >= 0.3 is 0 Å². The molecule has 5 heteroatoms. The van der Waals surface area contributed by atoms with Crippen LogP contribution in [0.15, 0.2) is 30.3 Å². The number of anilines is 1. The molecule has 1 unspecified atom stereocenters. The van der Waals surface area contributed by atoms with E-state index in [1.165, 1.54) is 25.9 Å². The maximum Gasteiger partial charge on any atom is 0.170 e. The molecule has 0 aliphatic carbocycles. The van der Waals surface area contributed by atoms with E-state index in [0.717, 1.165) is 37.2 Å². The molecule has 0 saturated carbocycles. The summed E-state index contributed by atoms with van der Waals surface area (Å²) < 4.78 is 0. The first-order chi connectivity index (χ1) is 12.2. The highest BCUT2D eigenvalue weighted by atomic mass is 32.1. The lowest BCUT2D eigenvalue weighted by Crippen LogP contribution is -2.58. The van der Waals surface area contributed by atoms with Crippen molar-refractivity contribution in [3.8, 4) is 12.3 Å². The third-order valence-electron chi connectivity index (χ3n) is 5.45. The number of nitrogens with zero attached hydrogens (tertiary/aromatic N) is 2. The predicted octanol–water partition coefficient (Wildman–Crippen LogP) is 2.25. The monoisotopic (exact) mass is 356 g/mol. The van der Waals surface area contributed by atoms with Crippen molar-refractivity contribution >= 4 is 23.0 Å². The normalized spacial score (nSPS) is 27.7. The van der Waals surface area contributed by atoms with Crippen LogP contribution in [-0.4, -0.2) is 60.7 Å². The van der Waals surface area contributed by atoms with Crippen molar-refractivity contribution in [1.29, 1.82) is 0 Å². The molecule has 3 aliphatic heterocycles.